The highest BCUT2D eigenvalue weighted by Gasteiger charge is 2.27. The van der Waals surface area contributed by atoms with Gasteiger partial charge in [-0.15, -0.1) is 0 Å². The van der Waals surface area contributed by atoms with Crippen molar-refractivity contribution in [1.82, 2.24) is 9.97 Å². The van der Waals surface area contributed by atoms with E-state index in [0.717, 1.165) is 18.7 Å². The van der Waals surface area contributed by atoms with E-state index in [-0.39, 0.29) is 0 Å². The average Bonchev–Trinajstić information content (AvgIpc) is 3.09. The quantitative estimate of drug-likeness (QED) is 0.427. The Morgan fingerprint density at radius 1 is 1.50 bits per heavy atom. The number of hydrogen-bond acceptors (Lipinski definition) is 6. The molecule has 0 spiro atoms. The number of hydrazine groups is 1. The molecule has 1 heterocycles. The highest BCUT2D eigenvalue weighted by atomic mass is 16.3. The fourth-order valence-electron chi connectivity index (χ4n) is 1.41. The monoisotopic (exact) mass is 223 g/mol. The van der Waals surface area contributed by atoms with Crippen molar-refractivity contribution in [2.45, 2.75) is 31.8 Å². The second kappa shape index (κ2) is 4.63. The molecule has 16 heavy (non-hydrogen) atoms. The molecule has 6 nitrogen and oxygen atoms in total. The minimum atomic E-state index is -0.409. The molecule has 1 fully saturated rings. The van der Waals surface area contributed by atoms with Crippen LogP contribution in [0.3, 0.4) is 0 Å². The van der Waals surface area contributed by atoms with Gasteiger partial charge >= 0.3 is 0 Å². The van der Waals surface area contributed by atoms with Crippen LogP contribution in [0.4, 0.5) is 11.6 Å². The van der Waals surface area contributed by atoms with Crippen molar-refractivity contribution in [2.75, 3.05) is 17.3 Å². The lowest BCUT2D eigenvalue weighted by atomic mass is 10.3. The number of aromatic nitrogens is 2. The second-order valence-corrected chi connectivity index (χ2v) is 4.15. The first-order valence-electron chi connectivity index (χ1n) is 5.46. The van der Waals surface area contributed by atoms with E-state index in [0.29, 0.717) is 24.1 Å². The minimum Gasteiger partial charge on any atom is -0.392 e. The van der Waals surface area contributed by atoms with Gasteiger partial charge in [0.25, 0.3) is 0 Å². The highest BCUT2D eigenvalue weighted by molar-refractivity contribution is 5.47. The van der Waals surface area contributed by atoms with Gasteiger partial charge in [0.2, 0.25) is 0 Å². The molecule has 88 valence electrons. The van der Waals surface area contributed by atoms with Crippen LogP contribution in [0.1, 0.15) is 31.5 Å². The zero-order valence-electron chi connectivity index (χ0n) is 9.27. The molecule has 0 radical (unpaired) electrons. The molecule has 1 atom stereocenters. The first-order chi connectivity index (χ1) is 7.69. The minimum absolute atomic E-state index is 0.409. The molecule has 1 aromatic heterocycles. The van der Waals surface area contributed by atoms with E-state index in [1.165, 1.54) is 0 Å². The number of hydrogen-bond donors (Lipinski definition) is 4. The lowest BCUT2D eigenvalue weighted by Gasteiger charge is -2.10. The first kappa shape index (κ1) is 11.1. The summed E-state index contributed by atoms with van der Waals surface area (Å²) >= 11 is 0. The number of aliphatic hydroxyl groups is 1. The number of aliphatic hydroxyl groups excluding tert-OH is 1. The van der Waals surface area contributed by atoms with Crippen LogP contribution in [0, 0.1) is 0 Å². The second-order valence-electron chi connectivity index (χ2n) is 4.15. The van der Waals surface area contributed by atoms with Gasteiger partial charge in [0.1, 0.15) is 17.5 Å². The van der Waals surface area contributed by atoms with E-state index in [1.807, 2.05) is 0 Å². The van der Waals surface area contributed by atoms with Gasteiger partial charge in [-0.05, 0) is 19.8 Å². The summed E-state index contributed by atoms with van der Waals surface area (Å²) in [6, 6.07) is 1.73. The van der Waals surface area contributed by atoms with Crippen LogP contribution in [-0.4, -0.2) is 27.7 Å². The summed E-state index contributed by atoms with van der Waals surface area (Å²) in [5.41, 5.74) is 2.52. The van der Waals surface area contributed by atoms with Gasteiger partial charge in [0.05, 0.1) is 6.10 Å². The zero-order valence-corrected chi connectivity index (χ0v) is 9.27. The first-order valence-corrected chi connectivity index (χ1v) is 5.46. The van der Waals surface area contributed by atoms with Gasteiger partial charge in [-0.25, -0.2) is 15.8 Å². The maximum Gasteiger partial charge on any atom is 0.145 e. The molecule has 0 amide bonds. The van der Waals surface area contributed by atoms with E-state index in [9.17, 15) is 5.11 Å². The Kier molecular flexibility index (Phi) is 3.21. The number of rotatable bonds is 5. The molecule has 6 heteroatoms. The Morgan fingerprint density at radius 3 is 2.75 bits per heavy atom. The maximum absolute atomic E-state index is 9.18. The smallest absolute Gasteiger partial charge is 0.145 e. The Balaban J connectivity index is 2.12. The molecule has 0 bridgehead atoms. The molecule has 0 saturated heterocycles. The van der Waals surface area contributed by atoms with Crippen molar-refractivity contribution < 1.29 is 5.11 Å². The van der Waals surface area contributed by atoms with Crippen LogP contribution in [0.2, 0.25) is 0 Å². The predicted molar refractivity (Wildman–Crippen MR) is 62.0 cm³/mol. The number of nitrogens with two attached hydrogens (primary N) is 1. The van der Waals surface area contributed by atoms with Gasteiger partial charge in [0.15, 0.2) is 0 Å². The van der Waals surface area contributed by atoms with Gasteiger partial charge in [0, 0.05) is 18.5 Å². The standard InChI is InChI=1S/C10H17N5O/c1-6(16)5-12-8-4-9(15-11)14-10(13-8)7-2-3-7/h4,6-7,16H,2-3,5,11H2,1H3,(H2,12,13,14,15). The largest absolute Gasteiger partial charge is 0.392 e. The number of anilines is 2. The van der Waals surface area contributed by atoms with Crippen molar-refractivity contribution >= 4 is 11.6 Å². The number of nitrogens with zero attached hydrogens (tertiary/aromatic N) is 2. The molecule has 5 N–H and O–H groups in total. The molecular formula is C10H17N5O. The molecule has 1 aliphatic carbocycles. The van der Waals surface area contributed by atoms with Gasteiger partial charge in [-0.2, -0.15) is 0 Å². The Labute approximate surface area is 94.3 Å². The fraction of sp³-hybridized carbons (Fsp3) is 0.600. The summed E-state index contributed by atoms with van der Waals surface area (Å²) in [4.78, 5) is 8.68. The summed E-state index contributed by atoms with van der Waals surface area (Å²) in [5.74, 6) is 7.94. The van der Waals surface area contributed by atoms with E-state index >= 15 is 0 Å². The van der Waals surface area contributed by atoms with Crippen molar-refractivity contribution in [3.63, 3.8) is 0 Å². The van der Waals surface area contributed by atoms with E-state index in [4.69, 9.17) is 5.84 Å². The van der Waals surface area contributed by atoms with E-state index in [2.05, 4.69) is 20.7 Å². The summed E-state index contributed by atoms with van der Waals surface area (Å²) in [7, 11) is 0. The molecule has 0 aliphatic heterocycles. The van der Waals surface area contributed by atoms with Crippen molar-refractivity contribution in [3.8, 4) is 0 Å². The molecule has 0 aromatic carbocycles. The van der Waals surface area contributed by atoms with E-state index in [1.54, 1.807) is 13.0 Å². The van der Waals surface area contributed by atoms with Crippen molar-refractivity contribution in [2.24, 2.45) is 5.84 Å². The maximum atomic E-state index is 9.18. The fourth-order valence-corrected chi connectivity index (χ4v) is 1.41. The SMILES string of the molecule is CC(O)CNc1cc(NN)nc(C2CC2)n1. The average molecular weight is 223 g/mol. The zero-order chi connectivity index (χ0) is 11.5. The topological polar surface area (TPSA) is 96.1 Å². The van der Waals surface area contributed by atoms with Crippen LogP contribution in [0.15, 0.2) is 6.07 Å². The van der Waals surface area contributed by atoms with Crippen LogP contribution in [0.25, 0.3) is 0 Å². The molecular weight excluding hydrogens is 206 g/mol. The summed E-state index contributed by atoms with van der Waals surface area (Å²) in [6.07, 6.45) is 1.88. The number of nitrogens with one attached hydrogen (secondary N) is 2. The third-order valence-electron chi connectivity index (χ3n) is 2.41. The predicted octanol–water partition coefficient (Wildman–Crippen LogP) is 0.432. The van der Waals surface area contributed by atoms with Gasteiger partial charge < -0.3 is 15.8 Å². The Morgan fingerprint density at radius 2 is 2.19 bits per heavy atom. The van der Waals surface area contributed by atoms with Crippen LogP contribution >= 0.6 is 0 Å². The third-order valence-corrected chi connectivity index (χ3v) is 2.41. The molecule has 2 rings (SSSR count). The Hall–Kier alpha value is -1.40. The van der Waals surface area contributed by atoms with E-state index < -0.39 is 6.10 Å². The molecule has 1 aliphatic rings. The number of nitrogen functional groups attached to an aromatic ring is 1. The summed E-state index contributed by atoms with van der Waals surface area (Å²) in [5, 5.41) is 12.2. The van der Waals surface area contributed by atoms with Gasteiger partial charge in [-0.3, -0.25) is 0 Å². The highest BCUT2D eigenvalue weighted by Crippen LogP contribution is 2.38. The van der Waals surface area contributed by atoms with Crippen molar-refractivity contribution in [3.05, 3.63) is 11.9 Å². The lowest BCUT2D eigenvalue weighted by molar-refractivity contribution is 0.208. The summed E-state index contributed by atoms with van der Waals surface area (Å²) in [6.45, 7) is 2.18. The van der Waals surface area contributed by atoms with Crippen LogP contribution in [0.5, 0.6) is 0 Å². The molecule has 1 unspecified atom stereocenters. The summed E-state index contributed by atoms with van der Waals surface area (Å²) < 4.78 is 0. The lowest BCUT2D eigenvalue weighted by Crippen LogP contribution is -2.17. The van der Waals surface area contributed by atoms with Crippen molar-refractivity contribution in [1.29, 1.82) is 0 Å². The third kappa shape index (κ3) is 2.80. The van der Waals surface area contributed by atoms with Crippen LogP contribution < -0.4 is 16.6 Å². The molecule has 1 saturated carbocycles. The van der Waals surface area contributed by atoms with Gasteiger partial charge in [-0.1, -0.05) is 0 Å². The Bertz CT molecular complexity index is 364. The van der Waals surface area contributed by atoms with Crippen LogP contribution in [-0.2, 0) is 0 Å². The molecule has 1 aromatic rings. The normalized spacial score (nSPS) is 16.9.